The van der Waals surface area contributed by atoms with Gasteiger partial charge in [0.1, 0.15) is 11.2 Å². The van der Waals surface area contributed by atoms with E-state index in [0.717, 1.165) is 88.7 Å². The Morgan fingerprint density at radius 1 is 0.333 bits per heavy atom. The van der Waals surface area contributed by atoms with Gasteiger partial charge in [-0.15, -0.1) is 0 Å². The van der Waals surface area contributed by atoms with Crippen molar-refractivity contribution in [3.8, 4) is 101 Å². The fraction of sp³-hybridized carbons (Fsp3) is 0.0328. The van der Waals surface area contributed by atoms with Crippen molar-refractivity contribution < 1.29 is 13.9 Å². The smallest absolute Gasteiger partial charge is 0.174 e. The van der Waals surface area contributed by atoms with Gasteiger partial charge in [0.15, 0.2) is 41.2 Å². The van der Waals surface area contributed by atoms with Crippen LogP contribution in [-0.2, 0) is 0 Å². The largest absolute Gasteiger partial charge is 0.478 e. The summed E-state index contributed by atoms with van der Waals surface area (Å²) in [7, 11) is 0. The molecule has 0 saturated heterocycles. The monoisotopic (exact) mass is 889 g/mol. The van der Waals surface area contributed by atoms with Crippen LogP contribution in [0.2, 0.25) is 0 Å². The number of aromatic nitrogens is 5. The van der Waals surface area contributed by atoms with Crippen LogP contribution in [0.15, 0.2) is 229 Å². The second-order valence-electron chi connectivity index (χ2n) is 17.1. The second-order valence-corrected chi connectivity index (χ2v) is 17.1. The van der Waals surface area contributed by atoms with E-state index in [1.165, 1.54) is 0 Å². The lowest BCUT2D eigenvalue weighted by molar-refractivity contribution is 0.0769. The van der Waals surface area contributed by atoms with Crippen molar-refractivity contribution in [2.45, 2.75) is 12.2 Å². The zero-order chi connectivity index (χ0) is 45.7. The summed E-state index contributed by atoms with van der Waals surface area (Å²) in [6, 6.07) is 60.5. The molecule has 0 spiro atoms. The molecule has 13 rings (SSSR count). The fourth-order valence-corrected chi connectivity index (χ4v) is 9.46. The maximum absolute atomic E-state index is 6.91. The topological polar surface area (TPSA) is 96.1 Å². The Hall–Kier alpha value is -9.27. The van der Waals surface area contributed by atoms with Crippen molar-refractivity contribution in [1.29, 1.82) is 0 Å². The summed E-state index contributed by atoms with van der Waals surface area (Å²) in [6.45, 7) is 0. The van der Waals surface area contributed by atoms with Gasteiger partial charge in [-0.05, 0) is 129 Å². The fourth-order valence-electron chi connectivity index (χ4n) is 9.46. The van der Waals surface area contributed by atoms with Crippen LogP contribution in [0.3, 0.4) is 0 Å². The Labute approximate surface area is 397 Å². The van der Waals surface area contributed by atoms with E-state index in [-0.39, 0.29) is 12.2 Å². The highest BCUT2D eigenvalue weighted by atomic mass is 16.6. The highest BCUT2D eigenvalue weighted by molar-refractivity contribution is 6.11. The molecule has 8 nitrogen and oxygen atoms in total. The molecule has 69 heavy (non-hydrogen) atoms. The normalized spacial score (nSPS) is 14.8. The van der Waals surface area contributed by atoms with Gasteiger partial charge in [0.05, 0.1) is 5.56 Å². The van der Waals surface area contributed by atoms with Crippen LogP contribution >= 0.6 is 0 Å². The Bertz CT molecular complexity index is 3720. The van der Waals surface area contributed by atoms with E-state index >= 15 is 0 Å². The predicted octanol–water partition coefficient (Wildman–Crippen LogP) is 14.5. The molecule has 5 heterocycles. The number of hydrogen-bond donors (Lipinski definition) is 0. The Kier molecular flexibility index (Phi) is 9.79. The molecular formula is C61H39N5O3. The average molecular weight is 890 g/mol. The number of nitrogens with zero attached hydrogens (tertiary/aromatic N) is 5. The number of rotatable bonds is 8. The first-order valence-corrected chi connectivity index (χ1v) is 22.9. The van der Waals surface area contributed by atoms with Gasteiger partial charge in [0, 0.05) is 52.3 Å². The first-order chi connectivity index (χ1) is 34.2. The number of furan rings is 1. The molecule has 326 valence electrons. The number of allylic oxidation sites excluding steroid dienone is 2. The molecule has 0 bridgehead atoms. The van der Waals surface area contributed by atoms with Gasteiger partial charge in [-0.2, -0.15) is 0 Å². The maximum Gasteiger partial charge on any atom is 0.174 e. The zero-order valence-corrected chi connectivity index (χ0v) is 37.0. The van der Waals surface area contributed by atoms with Gasteiger partial charge in [-0.25, -0.2) is 15.0 Å². The van der Waals surface area contributed by atoms with E-state index in [0.29, 0.717) is 34.5 Å². The van der Waals surface area contributed by atoms with Crippen LogP contribution in [-0.4, -0.2) is 37.1 Å². The van der Waals surface area contributed by atoms with E-state index in [4.69, 9.17) is 28.8 Å². The lowest BCUT2D eigenvalue weighted by atomic mass is 9.93. The molecule has 0 saturated carbocycles. The molecule has 8 heteroatoms. The molecule has 2 unspecified atom stereocenters. The molecule has 1 aliphatic carbocycles. The Balaban J connectivity index is 0.876. The van der Waals surface area contributed by atoms with Crippen molar-refractivity contribution in [2.75, 3.05) is 0 Å². The van der Waals surface area contributed by atoms with Crippen molar-refractivity contribution in [1.82, 2.24) is 24.9 Å². The van der Waals surface area contributed by atoms with Gasteiger partial charge in [-0.3, -0.25) is 9.97 Å². The average Bonchev–Trinajstić information content (AvgIpc) is 3.82. The van der Waals surface area contributed by atoms with E-state index in [2.05, 4.69) is 88.8 Å². The van der Waals surface area contributed by atoms with E-state index in [1.54, 1.807) is 0 Å². The third-order valence-electron chi connectivity index (χ3n) is 12.9. The minimum Gasteiger partial charge on any atom is -0.478 e. The van der Waals surface area contributed by atoms with Crippen molar-refractivity contribution in [3.05, 3.63) is 225 Å². The Morgan fingerprint density at radius 3 is 1.43 bits per heavy atom. The summed E-state index contributed by atoms with van der Waals surface area (Å²) in [6.07, 6.45) is 14.8. The third kappa shape index (κ3) is 7.41. The molecule has 11 aromatic rings. The van der Waals surface area contributed by atoms with Crippen LogP contribution < -0.4 is 9.47 Å². The molecule has 1 aliphatic heterocycles. The third-order valence-corrected chi connectivity index (χ3v) is 12.9. The van der Waals surface area contributed by atoms with E-state index < -0.39 is 0 Å². The molecule has 0 fully saturated rings. The summed E-state index contributed by atoms with van der Waals surface area (Å²) in [5, 5.41) is 1.94. The molecule has 0 radical (unpaired) electrons. The highest BCUT2D eigenvalue weighted by Gasteiger charge is 2.34. The van der Waals surface area contributed by atoms with Crippen LogP contribution in [0.5, 0.6) is 11.5 Å². The van der Waals surface area contributed by atoms with Gasteiger partial charge < -0.3 is 13.9 Å². The van der Waals surface area contributed by atoms with Gasteiger partial charge in [0.25, 0.3) is 0 Å². The van der Waals surface area contributed by atoms with Gasteiger partial charge in [0.2, 0.25) is 0 Å². The van der Waals surface area contributed by atoms with Crippen LogP contribution in [0.1, 0.15) is 0 Å². The maximum atomic E-state index is 6.91. The molecule has 2 aliphatic rings. The summed E-state index contributed by atoms with van der Waals surface area (Å²) in [5.74, 6) is 2.76. The predicted molar refractivity (Wildman–Crippen MR) is 273 cm³/mol. The first kappa shape index (κ1) is 40.0. The van der Waals surface area contributed by atoms with E-state index in [9.17, 15) is 0 Å². The number of fused-ring (bicyclic) bond motifs is 5. The van der Waals surface area contributed by atoms with Crippen LogP contribution in [0, 0.1) is 0 Å². The molecule has 0 N–H and O–H groups in total. The zero-order valence-electron chi connectivity index (χ0n) is 37.0. The minimum absolute atomic E-state index is 0.304. The number of ether oxygens (including phenoxy) is 2. The summed E-state index contributed by atoms with van der Waals surface area (Å²) < 4.78 is 20.1. The lowest BCUT2D eigenvalue weighted by Gasteiger charge is -2.34. The minimum atomic E-state index is -0.330. The Morgan fingerprint density at radius 2 is 0.812 bits per heavy atom. The quantitative estimate of drug-likeness (QED) is 0.149. The van der Waals surface area contributed by atoms with Crippen molar-refractivity contribution >= 4 is 21.9 Å². The summed E-state index contributed by atoms with van der Waals surface area (Å²) in [4.78, 5) is 23.9. The van der Waals surface area contributed by atoms with Gasteiger partial charge >= 0.3 is 0 Å². The molecule has 4 aromatic heterocycles. The van der Waals surface area contributed by atoms with Crippen LogP contribution in [0.4, 0.5) is 0 Å². The van der Waals surface area contributed by atoms with Crippen LogP contribution in [0.25, 0.3) is 112 Å². The molecular weight excluding hydrogens is 851 g/mol. The highest BCUT2D eigenvalue weighted by Crippen LogP contribution is 2.49. The van der Waals surface area contributed by atoms with Crippen molar-refractivity contribution in [3.63, 3.8) is 0 Å². The first-order valence-electron chi connectivity index (χ1n) is 22.9. The van der Waals surface area contributed by atoms with Crippen molar-refractivity contribution in [2.24, 2.45) is 0 Å². The SMILES string of the molecule is C1=CC2Oc3c(-c4ccc(-c5ccc(-c6cc(-c7ccncc7)cc(-c7ccncc7)c6)cc5)cc4)ccc(-c4nc(-c5ccccc5)nc(-c5cccc6oc7ccccc7c56)n4)c3OC2C=C1. The number of pyridine rings is 2. The van der Waals surface area contributed by atoms with Gasteiger partial charge in [-0.1, -0.05) is 121 Å². The number of hydrogen-bond acceptors (Lipinski definition) is 8. The second kappa shape index (κ2) is 16.9. The molecule has 2 atom stereocenters. The molecule has 7 aromatic carbocycles. The summed E-state index contributed by atoms with van der Waals surface area (Å²) in [5.41, 5.74) is 14.9. The standard InChI is InChI=1S/C61H39N5O3/c1-2-9-44(10-3-1)59-64-60(50-12-8-16-55-56(50)49-11-4-5-13-52(49)67-55)66-61(65-59)51-26-25-48(57-58(51)69-54-15-7-6-14-53(54)68-57)43-23-21-39(22-24-43)38-17-19-40(20-18-38)45-35-46(41-27-31-62-32-28-41)37-47(36-45)42-29-33-63-34-30-42/h1-37,53-54H. The number of para-hydroxylation sites is 1. The summed E-state index contributed by atoms with van der Waals surface area (Å²) >= 11 is 0. The van der Waals surface area contributed by atoms with E-state index in [1.807, 2.05) is 146 Å². The lowest BCUT2D eigenvalue weighted by Crippen LogP contribution is -2.38. The molecule has 0 amide bonds. The number of benzene rings is 7.